The van der Waals surface area contributed by atoms with E-state index in [9.17, 15) is 28.8 Å². The maximum Gasteiger partial charge on any atom is 0.513 e. The SMILES string of the molecule is C=CC(=O)OCCOC(=O)Oc1ccc(CC(=O)Oc2ccc(OC(=O)c3ccc(OC(=O)OCCOC(=O)C=C)cc3)cc2C)cc1. The molecule has 0 saturated heterocycles. The molecule has 0 aliphatic heterocycles. The fourth-order valence-corrected chi connectivity index (χ4v) is 3.53. The van der Waals surface area contributed by atoms with Gasteiger partial charge in [-0.1, -0.05) is 25.3 Å². The van der Waals surface area contributed by atoms with Gasteiger partial charge in [-0.25, -0.2) is 24.0 Å². The molecular weight excluding hydrogens is 632 g/mol. The van der Waals surface area contributed by atoms with Crippen molar-refractivity contribution in [3.63, 3.8) is 0 Å². The van der Waals surface area contributed by atoms with Crippen LogP contribution in [0.2, 0.25) is 0 Å². The first kappa shape index (κ1) is 36.0. The molecule has 0 aromatic heterocycles. The highest BCUT2D eigenvalue weighted by Crippen LogP contribution is 2.25. The topological polar surface area (TPSA) is 176 Å². The maximum absolute atomic E-state index is 12.6. The molecule has 0 heterocycles. The highest BCUT2D eigenvalue weighted by atomic mass is 16.7. The summed E-state index contributed by atoms with van der Waals surface area (Å²) in [6.45, 7) is 7.43. The first-order valence-electron chi connectivity index (χ1n) is 14.1. The van der Waals surface area contributed by atoms with E-state index in [1.54, 1.807) is 19.1 Å². The molecule has 0 N–H and O–H groups in total. The van der Waals surface area contributed by atoms with Gasteiger partial charge in [0, 0.05) is 12.2 Å². The largest absolute Gasteiger partial charge is 0.513 e. The third kappa shape index (κ3) is 12.5. The maximum atomic E-state index is 12.6. The monoisotopic (exact) mass is 662 g/mol. The quantitative estimate of drug-likeness (QED) is 0.0539. The van der Waals surface area contributed by atoms with Crippen molar-refractivity contribution in [1.82, 2.24) is 0 Å². The Labute approximate surface area is 274 Å². The lowest BCUT2D eigenvalue weighted by molar-refractivity contribution is -0.139. The molecule has 14 nitrogen and oxygen atoms in total. The second-order valence-corrected chi connectivity index (χ2v) is 9.28. The van der Waals surface area contributed by atoms with Gasteiger partial charge >= 0.3 is 36.2 Å². The average molecular weight is 663 g/mol. The van der Waals surface area contributed by atoms with E-state index in [0.717, 1.165) is 12.2 Å². The highest BCUT2D eigenvalue weighted by Gasteiger charge is 2.14. The fraction of sp³-hybridized carbons (Fsp3) is 0.176. The minimum absolute atomic E-state index is 0.0852. The summed E-state index contributed by atoms with van der Waals surface area (Å²) >= 11 is 0. The van der Waals surface area contributed by atoms with Crippen LogP contribution in [0.4, 0.5) is 9.59 Å². The van der Waals surface area contributed by atoms with Crippen LogP contribution in [0.5, 0.6) is 23.0 Å². The van der Waals surface area contributed by atoms with Gasteiger partial charge < -0.3 is 37.9 Å². The molecule has 0 fully saturated rings. The summed E-state index contributed by atoms with van der Waals surface area (Å²) in [5.41, 5.74) is 1.27. The first-order chi connectivity index (χ1) is 23.1. The van der Waals surface area contributed by atoms with Crippen LogP contribution in [-0.2, 0) is 39.8 Å². The fourth-order valence-electron chi connectivity index (χ4n) is 3.53. The molecule has 0 aliphatic rings. The van der Waals surface area contributed by atoms with Gasteiger partial charge in [-0.2, -0.15) is 0 Å². The Morgan fingerprint density at radius 2 is 1.06 bits per heavy atom. The Balaban J connectivity index is 1.43. The number of carbonyl (C=O) groups is 6. The van der Waals surface area contributed by atoms with Gasteiger partial charge in [-0.3, -0.25) is 4.79 Å². The van der Waals surface area contributed by atoms with Crippen molar-refractivity contribution in [3.05, 3.63) is 109 Å². The molecule has 0 bridgehead atoms. The van der Waals surface area contributed by atoms with Crippen LogP contribution in [0.3, 0.4) is 0 Å². The Morgan fingerprint density at radius 3 is 1.56 bits per heavy atom. The number of ether oxygens (including phenoxy) is 8. The Kier molecular flexibility index (Phi) is 13.9. The predicted octanol–water partition coefficient (Wildman–Crippen LogP) is 4.85. The molecule has 0 radical (unpaired) electrons. The molecule has 3 aromatic carbocycles. The van der Waals surface area contributed by atoms with Crippen LogP contribution < -0.4 is 18.9 Å². The van der Waals surface area contributed by atoms with E-state index < -0.39 is 36.2 Å². The average Bonchev–Trinajstić information content (AvgIpc) is 3.07. The number of carbonyl (C=O) groups excluding carboxylic acids is 6. The molecule has 0 unspecified atom stereocenters. The van der Waals surface area contributed by atoms with Gasteiger partial charge in [0.1, 0.15) is 49.4 Å². The van der Waals surface area contributed by atoms with Gasteiger partial charge in [0.05, 0.1) is 12.0 Å². The standard InChI is InChI=1S/C34H30O14/c1-4-29(35)41-16-18-43-33(39)46-25-10-6-23(7-11-25)21-31(37)48-28-15-14-27(20-22(28)3)45-32(38)24-8-12-26(13-9-24)47-34(40)44-19-17-42-30(36)5-2/h4-15,20H,1-2,16-19,21H2,3H3. The zero-order chi connectivity index (χ0) is 34.9. The zero-order valence-electron chi connectivity index (χ0n) is 25.7. The van der Waals surface area contributed by atoms with E-state index in [4.69, 9.17) is 28.4 Å². The summed E-state index contributed by atoms with van der Waals surface area (Å²) < 4.78 is 39.8. The molecule has 0 amide bonds. The van der Waals surface area contributed by atoms with Crippen LogP contribution in [0.25, 0.3) is 0 Å². The summed E-state index contributed by atoms with van der Waals surface area (Å²) in [6, 6.07) is 16.1. The molecule has 250 valence electrons. The predicted molar refractivity (Wildman–Crippen MR) is 165 cm³/mol. The minimum atomic E-state index is -1.03. The van der Waals surface area contributed by atoms with E-state index in [2.05, 4.69) is 22.6 Å². The lowest BCUT2D eigenvalue weighted by Crippen LogP contribution is -2.16. The molecule has 14 heteroatoms. The molecule has 3 aromatic rings. The van der Waals surface area contributed by atoms with Gasteiger partial charge in [0.25, 0.3) is 0 Å². The smallest absolute Gasteiger partial charge is 0.459 e. The van der Waals surface area contributed by atoms with Crippen molar-refractivity contribution in [2.24, 2.45) is 0 Å². The van der Waals surface area contributed by atoms with Gasteiger partial charge in [0.15, 0.2) is 0 Å². The van der Waals surface area contributed by atoms with Crippen LogP contribution in [0.1, 0.15) is 21.5 Å². The van der Waals surface area contributed by atoms with Crippen LogP contribution in [0.15, 0.2) is 92.0 Å². The lowest BCUT2D eigenvalue weighted by Gasteiger charge is -2.11. The summed E-state index contributed by atoms with van der Waals surface area (Å²) in [4.78, 5) is 70.5. The Hall–Kier alpha value is -6.44. The van der Waals surface area contributed by atoms with Gasteiger partial charge in [-0.15, -0.1) is 0 Å². The van der Waals surface area contributed by atoms with E-state index in [1.807, 2.05) is 0 Å². The van der Waals surface area contributed by atoms with Crippen molar-refractivity contribution >= 4 is 36.2 Å². The third-order valence-corrected chi connectivity index (χ3v) is 5.77. The van der Waals surface area contributed by atoms with Crippen LogP contribution >= 0.6 is 0 Å². The molecular formula is C34H30O14. The van der Waals surface area contributed by atoms with Gasteiger partial charge in [0.2, 0.25) is 0 Å². The zero-order valence-corrected chi connectivity index (χ0v) is 25.7. The van der Waals surface area contributed by atoms with Crippen LogP contribution in [-0.4, -0.2) is 62.6 Å². The Morgan fingerprint density at radius 1 is 0.583 bits per heavy atom. The van der Waals surface area contributed by atoms with Crippen molar-refractivity contribution in [2.45, 2.75) is 13.3 Å². The third-order valence-electron chi connectivity index (χ3n) is 5.77. The van der Waals surface area contributed by atoms with Crippen molar-refractivity contribution in [1.29, 1.82) is 0 Å². The number of aryl methyl sites for hydroxylation is 1. The highest BCUT2D eigenvalue weighted by molar-refractivity contribution is 5.91. The van der Waals surface area contributed by atoms with Crippen molar-refractivity contribution < 1.29 is 66.7 Å². The summed E-state index contributed by atoms with van der Waals surface area (Å²) in [7, 11) is 0. The van der Waals surface area contributed by atoms with E-state index >= 15 is 0 Å². The number of hydrogen-bond acceptors (Lipinski definition) is 14. The van der Waals surface area contributed by atoms with Crippen LogP contribution in [0, 0.1) is 6.92 Å². The molecule has 0 aliphatic carbocycles. The van der Waals surface area contributed by atoms with Gasteiger partial charge in [-0.05, 0) is 72.6 Å². The molecule has 0 atom stereocenters. The van der Waals surface area contributed by atoms with E-state index in [-0.39, 0.29) is 61.4 Å². The Bertz CT molecular complexity index is 1640. The van der Waals surface area contributed by atoms with E-state index in [0.29, 0.717) is 11.1 Å². The number of rotatable bonds is 15. The number of hydrogen-bond donors (Lipinski definition) is 0. The molecule has 48 heavy (non-hydrogen) atoms. The number of esters is 4. The summed E-state index contributed by atoms with van der Waals surface area (Å²) in [5, 5.41) is 0. The molecule has 3 rings (SSSR count). The van der Waals surface area contributed by atoms with Crippen molar-refractivity contribution in [3.8, 4) is 23.0 Å². The molecule has 0 saturated carbocycles. The number of benzene rings is 3. The van der Waals surface area contributed by atoms with E-state index in [1.165, 1.54) is 54.6 Å². The second-order valence-electron chi connectivity index (χ2n) is 9.28. The minimum Gasteiger partial charge on any atom is -0.459 e. The normalized spacial score (nSPS) is 10.0. The summed E-state index contributed by atoms with van der Waals surface area (Å²) in [6.07, 6.45) is -0.143. The first-order valence-corrected chi connectivity index (χ1v) is 14.1. The lowest BCUT2D eigenvalue weighted by atomic mass is 10.1. The second kappa shape index (κ2) is 18.5. The van der Waals surface area contributed by atoms with Crippen molar-refractivity contribution in [2.75, 3.05) is 26.4 Å². The summed E-state index contributed by atoms with van der Waals surface area (Å²) in [5.74, 6) is -1.81. The molecule has 0 spiro atoms.